The van der Waals surface area contributed by atoms with Gasteiger partial charge in [-0.05, 0) is 34.2 Å². The zero-order valence-corrected chi connectivity index (χ0v) is 12.4. The van der Waals surface area contributed by atoms with Gasteiger partial charge in [-0.25, -0.2) is 0 Å². The summed E-state index contributed by atoms with van der Waals surface area (Å²) in [6, 6.07) is 0.716. The Labute approximate surface area is 108 Å². The summed E-state index contributed by atoms with van der Waals surface area (Å²) in [4.78, 5) is 5.10. The number of nitrogens with one attached hydrogen (secondary N) is 1. The van der Waals surface area contributed by atoms with Crippen molar-refractivity contribution in [2.24, 2.45) is 0 Å². The van der Waals surface area contributed by atoms with Crippen LogP contribution in [-0.4, -0.2) is 61.2 Å². The first-order valence-corrected chi connectivity index (χ1v) is 7.10. The van der Waals surface area contributed by atoms with Gasteiger partial charge in [0.25, 0.3) is 0 Å². The highest BCUT2D eigenvalue weighted by Gasteiger charge is 2.22. The smallest absolute Gasteiger partial charge is 0.0221 e. The number of nitrogens with zero attached hydrogens (tertiary/aromatic N) is 2. The fraction of sp³-hybridized carbons (Fsp3) is 1.00. The van der Waals surface area contributed by atoms with Gasteiger partial charge in [0.1, 0.15) is 0 Å². The Morgan fingerprint density at radius 3 is 2.18 bits per heavy atom. The summed E-state index contributed by atoms with van der Waals surface area (Å²) in [6.45, 7) is 15.1. The Morgan fingerprint density at radius 2 is 1.71 bits per heavy atom. The molecule has 17 heavy (non-hydrogen) atoms. The summed E-state index contributed by atoms with van der Waals surface area (Å²) in [6.07, 6.45) is 2.59. The predicted octanol–water partition coefficient (Wildman–Crippen LogP) is 1.79. The minimum absolute atomic E-state index is 0.235. The van der Waals surface area contributed by atoms with Crippen molar-refractivity contribution in [2.75, 3.05) is 39.8 Å². The second-order valence-electron chi connectivity index (χ2n) is 6.41. The lowest BCUT2D eigenvalue weighted by Gasteiger charge is -2.39. The van der Waals surface area contributed by atoms with Crippen LogP contribution < -0.4 is 5.32 Å². The van der Waals surface area contributed by atoms with Crippen LogP contribution in [0.1, 0.15) is 40.5 Å². The lowest BCUT2D eigenvalue weighted by Crippen LogP contribution is -2.53. The summed E-state index contributed by atoms with van der Waals surface area (Å²) in [7, 11) is 2.22. The number of piperazine rings is 1. The highest BCUT2D eigenvalue weighted by atomic mass is 15.3. The molecule has 102 valence electrons. The van der Waals surface area contributed by atoms with Crippen molar-refractivity contribution in [3.63, 3.8) is 0 Å². The van der Waals surface area contributed by atoms with Gasteiger partial charge in [0.05, 0.1) is 0 Å². The average Bonchev–Trinajstić information content (AvgIpc) is 2.24. The van der Waals surface area contributed by atoms with Gasteiger partial charge in [0.2, 0.25) is 0 Å². The molecule has 3 nitrogen and oxygen atoms in total. The molecule has 1 atom stereocenters. The highest BCUT2D eigenvalue weighted by molar-refractivity contribution is 4.81. The van der Waals surface area contributed by atoms with E-state index in [1.807, 2.05) is 0 Å². The molecule has 0 radical (unpaired) electrons. The van der Waals surface area contributed by atoms with E-state index >= 15 is 0 Å². The maximum absolute atomic E-state index is 3.66. The molecule has 1 fully saturated rings. The second kappa shape index (κ2) is 6.72. The Bertz CT molecular complexity index is 202. The van der Waals surface area contributed by atoms with Gasteiger partial charge in [-0.1, -0.05) is 13.3 Å². The molecule has 0 aromatic carbocycles. The maximum atomic E-state index is 3.66. The van der Waals surface area contributed by atoms with Crippen molar-refractivity contribution in [3.8, 4) is 0 Å². The van der Waals surface area contributed by atoms with Crippen LogP contribution in [0.25, 0.3) is 0 Å². The van der Waals surface area contributed by atoms with E-state index in [4.69, 9.17) is 0 Å². The number of hydrogen-bond donors (Lipinski definition) is 1. The SMILES string of the molecule is CCCC(CNC(C)(C)C)N1CCN(C)CC1. The molecule has 1 heterocycles. The van der Waals surface area contributed by atoms with Gasteiger partial charge in [0, 0.05) is 44.3 Å². The molecule has 0 aliphatic carbocycles. The third kappa shape index (κ3) is 5.84. The molecule has 0 bridgehead atoms. The summed E-state index contributed by atoms with van der Waals surface area (Å²) < 4.78 is 0. The Morgan fingerprint density at radius 1 is 1.12 bits per heavy atom. The van der Waals surface area contributed by atoms with E-state index in [1.54, 1.807) is 0 Å². The van der Waals surface area contributed by atoms with Crippen molar-refractivity contribution >= 4 is 0 Å². The fourth-order valence-electron chi connectivity index (χ4n) is 2.36. The minimum atomic E-state index is 0.235. The van der Waals surface area contributed by atoms with E-state index in [-0.39, 0.29) is 5.54 Å². The lowest BCUT2D eigenvalue weighted by atomic mass is 10.1. The van der Waals surface area contributed by atoms with Crippen molar-refractivity contribution in [2.45, 2.75) is 52.1 Å². The van der Waals surface area contributed by atoms with E-state index in [0.29, 0.717) is 6.04 Å². The zero-order chi connectivity index (χ0) is 12.9. The molecule has 1 saturated heterocycles. The van der Waals surface area contributed by atoms with Gasteiger partial charge in [-0.2, -0.15) is 0 Å². The van der Waals surface area contributed by atoms with Crippen LogP contribution in [0, 0.1) is 0 Å². The third-order valence-electron chi connectivity index (χ3n) is 3.54. The molecule has 1 N–H and O–H groups in total. The van der Waals surface area contributed by atoms with Crippen molar-refractivity contribution in [1.82, 2.24) is 15.1 Å². The van der Waals surface area contributed by atoms with Gasteiger partial charge in [0.15, 0.2) is 0 Å². The standard InChI is InChI=1S/C14H31N3/c1-6-7-13(12-15-14(2,3)4)17-10-8-16(5)9-11-17/h13,15H,6-12H2,1-5H3. The molecule has 0 amide bonds. The molecular weight excluding hydrogens is 210 g/mol. The number of rotatable bonds is 5. The minimum Gasteiger partial charge on any atom is -0.311 e. The van der Waals surface area contributed by atoms with Gasteiger partial charge in [-0.3, -0.25) is 4.90 Å². The van der Waals surface area contributed by atoms with Crippen LogP contribution in [0.4, 0.5) is 0 Å². The Kier molecular flexibility index (Phi) is 5.90. The third-order valence-corrected chi connectivity index (χ3v) is 3.54. The lowest BCUT2D eigenvalue weighted by molar-refractivity contribution is 0.102. The first kappa shape index (κ1) is 14.9. The molecule has 0 aromatic rings. The Hall–Kier alpha value is -0.120. The van der Waals surface area contributed by atoms with Crippen LogP contribution in [0.3, 0.4) is 0 Å². The molecule has 1 unspecified atom stereocenters. The van der Waals surface area contributed by atoms with E-state index in [0.717, 1.165) is 6.54 Å². The van der Waals surface area contributed by atoms with E-state index in [9.17, 15) is 0 Å². The van der Waals surface area contributed by atoms with Gasteiger partial charge in [-0.15, -0.1) is 0 Å². The first-order chi connectivity index (χ1) is 7.92. The van der Waals surface area contributed by atoms with Crippen molar-refractivity contribution in [1.29, 1.82) is 0 Å². The molecule has 0 saturated carbocycles. The van der Waals surface area contributed by atoms with E-state index < -0.39 is 0 Å². The number of likely N-dealkylation sites (N-methyl/N-ethyl adjacent to an activating group) is 1. The molecule has 1 rings (SSSR count). The topological polar surface area (TPSA) is 18.5 Å². The van der Waals surface area contributed by atoms with Gasteiger partial charge < -0.3 is 10.2 Å². The quantitative estimate of drug-likeness (QED) is 0.792. The summed E-state index contributed by atoms with van der Waals surface area (Å²) in [5, 5.41) is 3.66. The van der Waals surface area contributed by atoms with Crippen LogP contribution in [0.2, 0.25) is 0 Å². The molecule has 0 aromatic heterocycles. The van der Waals surface area contributed by atoms with Crippen LogP contribution >= 0.6 is 0 Å². The summed E-state index contributed by atoms with van der Waals surface area (Å²) >= 11 is 0. The van der Waals surface area contributed by atoms with Crippen LogP contribution in [-0.2, 0) is 0 Å². The Balaban J connectivity index is 2.41. The first-order valence-electron chi connectivity index (χ1n) is 7.10. The molecule has 1 aliphatic rings. The molecular formula is C14H31N3. The summed E-state index contributed by atoms with van der Waals surface area (Å²) in [5.74, 6) is 0. The largest absolute Gasteiger partial charge is 0.311 e. The highest BCUT2D eigenvalue weighted by Crippen LogP contribution is 2.11. The summed E-state index contributed by atoms with van der Waals surface area (Å²) in [5.41, 5.74) is 0.235. The fourth-order valence-corrected chi connectivity index (χ4v) is 2.36. The normalized spacial score (nSPS) is 21.7. The number of hydrogen-bond acceptors (Lipinski definition) is 3. The van der Waals surface area contributed by atoms with Crippen LogP contribution in [0.5, 0.6) is 0 Å². The average molecular weight is 241 g/mol. The predicted molar refractivity (Wildman–Crippen MR) is 75.5 cm³/mol. The molecule has 3 heteroatoms. The van der Waals surface area contributed by atoms with Crippen molar-refractivity contribution < 1.29 is 0 Å². The monoisotopic (exact) mass is 241 g/mol. The molecule has 1 aliphatic heterocycles. The van der Waals surface area contributed by atoms with Crippen LogP contribution in [0.15, 0.2) is 0 Å². The zero-order valence-electron chi connectivity index (χ0n) is 12.4. The van der Waals surface area contributed by atoms with Crippen molar-refractivity contribution in [3.05, 3.63) is 0 Å². The van der Waals surface area contributed by atoms with Gasteiger partial charge >= 0.3 is 0 Å². The molecule has 0 spiro atoms. The van der Waals surface area contributed by atoms with E-state index in [1.165, 1.54) is 39.0 Å². The van der Waals surface area contributed by atoms with E-state index in [2.05, 4.69) is 49.9 Å². The maximum Gasteiger partial charge on any atom is 0.0221 e. The second-order valence-corrected chi connectivity index (χ2v) is 6.41.